The van der Waals surface area contributed by atoms with Gasteiger partial charge in [-0.05, 0) is 24.6 Å². The van der Waals surface area contributed by atoms with Gasteiger partial charge < -0.3 is 14.2 Å². The highest BCUT2D eigenvalue weighted by Gasteiger charge is 2.46. The largest absolute Gasteiger partial charge is 0.373 e. The third-order valence-electron chi connectivity index (χ3n) is 2.41. The number of benzene rings is 1. The maximum atomic E-state index is 12.7. The Morgan fingerprint density at radius 1 is 1.25 bits per heavy atom. The van der Waals surface area contributed by atoms with Gasteiger partial charge in [0.1, 0.15) is 5.82 Å². The molecule has 0 saturated heterocycles. The minimum atomic E-state index is -3.69. The molecule has 0 aromatic heterocycles. The summed E-state index contributed by atoms with van der Waals surface area (Å²) >= 11 is 0. The summed E-state index contributed by atoms with van der Waals surface area (Å²) in [6.07, 6.45) is 0. The van der Waals surface area contributed by atoms with Crippen molar-refractivity contribution >= 4 is 7.60 Å². The van der Waals surface area contributed by atoms with Crippen molar-refractivity contribution in [3.63, 3.8) is 0 Å². The molecule has 1 aromatic carbocycles. The SMILES string of the molecule is COP(=O)(OC)[C@](C)(O)c1ccc(F)cc1. The third-order valence-corrected chi connectivity index (χ3v) is 4.69. The summed E-state index contributed by atoms with van der Waals surface area (Å²) in [5.41, 5.74) is 0.265. The molecule has 0 aliphatic rings. The summed E-state index contributed by atoms with van der Waals surface area (Å²) < 4.78 is 34.2. The van der Waals surface area contributed by atoms with E-state index in [0.717, 1.165) is 0 Å². The van der Waals surface area contributed by atoms with Gasteiger partial charge in [-0.2, -0.15) is 0 Å². The molecule has 1 aromatic rings. The van der Waals surface area contributed by atoms with Crippen molar-refractivity contribution in [1.29, 1.82) is 0 Å². The first-order valence-corrected chi connectivity index (χ1v) is 6.11. The van der Waals surface area contributed by atoms with Gasteiger partial charge >= 0.3 is 7.60 Å². The highest BCUT2D eigenvalue weighted by molar-refractivity contribution is 7.54. The van der Waals surface area contributed by atoms with Crippen molar-refractivity contribution in [2.45, 2.75) is 12.3 Å². The Labute approximate surface area is 93.5 Å². The number of halogens is 1. The summed E-state index contributed by atoms with van der Waals surface area (Å²) in [5, 5.41) is 8.34. The summed E-state index contributed by atoms with van der Waals surface area (Å²) in [6, 6.07) is 5.00. The number of rotatable bonds is 4. The fourth-order valence-electron chi connectivity index (χ4n) is 1.35. The molecule has 1 N–H and O–H groups in total. The maximum absolute atomic E-state index is 12.7. The lowest BCUT2D eigenvalue weighted by Crippen LogP contribution is -2.23. The molecule has 90 valence electrons. The van der Waals surface area contributed by atoms with Crippen molar-refractivity contribution in [2.75, 3.05) is 14.2 Å². The van der Waals surface area contributed by atoms with Crippen LogP contribution in [0.3, 0.4) is 0 Å². The van der Waals surface area contributed by atoms with Crippen molar-refractivity contribution in [3.8, 4) is 0 Å². The predicted octanol–water partition coefficient (Wildman–Crippen LogP) is 2.48. The molecule has 0 spiro atoms. The molecule has 0 radical (unpaired) electrons. The highest BCUT2D eigenvalue weighted by atomic mass is 31.2. The van der Waals surface area contributed by atoms with Gasteiger partial charge in [0, 0.05) is 14.2 Å². The van der Waals surface area contributed by atoms with Crippen LogP contribution in [0.25, 0.3) is 0 Å². The van der Waals surface area contributed by atoms with Crippen LogP contribution in [0.4, 0.5) is 4.39 Å². The Balaban J connectivity index is 3.19. The van der Waals surface area contributed by atoms with E-state index in [4.69, 9.17) is 9.05 Å². The van der Waals surface area contributed by atoms with E-state index in [2.05, 4.69) is 0 Å². The molecule has 0 aliphatic carbocycles. The zero-order valence-corrected chi connectivity index (χ0v) is 10.2. The average molecular weight is 248 g/mol. The Hall–Kier alpha value is -0.740. The molecule has 1 rings (SSSR count). The summed E-state index contributed by atoms with van der Waals surface area (Å²) in [5.74, 6) is -0.441. The van der Waals surface area contributed by atoms with Gasteiger partial charge in [0.2, 0.25) is 0 Å². The Morgan fingerprint density at radius 3 is 2.06 bits per heavy atom. The van der Waals surface area contributed by atoms with E-state index in [-0.39, 0.29) is 5.56 Å². The van der Waals surface area contributed by atoms with Crippen molar-refractivity contribution in [2.24, 2.45) is 0 Å². The van der Waals surface area contributed by atoms with Crippen LogP contribution < -0.4 is 0 Å². The number of aliphatic hydroxyl groups is 1. The minimum Gasteiger partial charge on any atom is -0.373 e. The third kappa shape index (κ3) is 2.18. The summed E-state index contributed by atoms with van der Waals surface area (Å²) in [4.78, 5) is 0. The van der Waals surface area contributed by atoms with Crippen molar-refractivity contribution in [3.05, 3.63) is 35.6 Å². The highest BCUT2D eigenvalue weighted by Crippen LogP contribution is 2.62. The average Bonchev–Trinajstić information content (AvgIpc) is 2.28. The molecular formula is C10H14FO4P. The van der Waals surface area contributed by atoms with E-state index in [1.807, 2.05) is 0 Å². The van der Waals surface area contributed by atoms with Crippen LogP contribution in [0.2, 0.25) is 0 Å². The molecule has 4 nitrogen and oxygen atoms in total. The Morgan fingerprint density at radius 2 is 1.69 bits per heavy atom. The topological polar surface area (TPSA) is 55.8 Å². The van der Waals surface area contributed by atoms with E-state index in [0.29, 0.717) is 0 Å². The number of hydrogen-bond acceptors (Lipinski definition) is 4. The normalized spacial score (nSPS) is 15.8. The van der Waals surface area contributed by atoms with Crippen LogP contribution >= 0.6 is 7.60 Å². The second kappa shape index (κ2) is 4.63. The summed E-state index contributed by atoms with van der Waals surface area (Å²) in [7, 11) is -1.32. The van der Waals surface area contributed by atoms with Crippen LogP contribution in [0.15, 0.2) is 24.3 Å². The second-order valence-electron chi connectivity index (χ2n) is 3.39. The maximum Gasteiger partial charge on any atom is 0.365 e. The number of hydrogen-bond donors (Lipinski definition) is 1. The van der Waals surface area contributed by atoms with Gasteiger partial charge in [-0.15, -0.1) is 0 Å². The van der Waals surface area contributed by atoms with E-state index < -0.39 is 18.8 Å². The van der Waals surface area contributed by atoms with Gasteiger partial charge in [0.05, 0.1) is 0 Å². The van der Waals surface area contributed by atoms with Crippen LogP contribution in [-0.2, 0) is 19.0 Å². The van der Waals surface area contributed by atoms with E-state index in [1.165, 1.54) is 45.4 Å². The smallest absolute Gasteiger partial charge is 0.365 e. The first-order chi connectivity index (χ1) is 7.37. The molecule has 0 fully saturated rings. The lowest BCUT2D eigenvalue weighted by molar-refractivity contribution is 0.0931. The molecule has 16 heavy (non-hydrogen) atoms. The lowest BCUT2D eigenvalue weighted by atomic mass is 10.1. The van der Waals surface area contributed by atoms with E-state index in [1.54, 1.807) is 0 Å². The second-order valence-corrected chi connectivity index (χ2v) is 5.99. The molecule has 0 amide bonds. The molecule has 6 heteroatoms. The fourth-order valence-corrected chi connectivity index (χ4v) is 2.68. The van der Waals surface area contributed by atoms with Gasteiger partial charge in [-0.3, -0.25) is 4.57 Å². The quantitative estimate of drug-likeness (QED) is 0.831. The Bertz CT molecular complexity index is 394. The van der Waals surface area contributed by atoms with Crippen LogP contribution in [0.5, 0.6) is 0 Å². The van der Waals surface area contributed by atoms with Crippen LogP contribution in [-0.4, -0.2) is 19.3 Å². The van der Waals surface area contributed by atoms with E-state index in [9.17, 15) is 14.1 Å². The molecule has 0 unspecified atom stereocenters. The molecule has 0 saturated carbocycles. The Kier molecular flexibility index (Phi) is 3.86. The zero-order valence-electron chi connectivity index (χ0n) is 9.31. The standard InChI is InChI=1S/C10H14FO4P/c1-10(12,16(13,14-2)15-3)8-4-6-9(11)7-5-8/h4-7,12H,1-3H3/t10-/m0/s1. The molecule has 1 atom stereocenters. The van der Waals surface area contributed by atoms with Crippen molar-refractivity contribution < 1.29 is 23.1 Å². The van der Waals surface area contributed by atoms with E-state index >= 15 is 0 Å². The molecule has 0 aliphatic heterocycles. The first-order valence-electron chi connectivity index (χ1n) is 4.57. The zero-order chi connectivity index (χ0) is 12.4. The van der Waals surface area contributed by atoms with Gasteiger partial charge in [-0.1, -0.05) is 12.1 Å². The van der Waals surface area contributed by atoms with Crippen molar-refractivity contribution in [1.82, 2.24) is 0 Å². The predicted molar refractivity (Wildman–Crippen MR) is 57.6 cm³/mol. The summed E-state index contributed by atoms with van der Waals surface area (Å²) in [6.45, 7) is 1.30. The first kappa shape index (κ1) is 13.3. The van der Waals surface area contributed by atoms with Gasteiger partial charge in [0.25, 0.3) is 0 Å². The minimum absolute atomic E-state index is 0.265. The molecule has 0 heterocycles. The fraction of sp³-hybridized carbons (Fsp3) is 0.400. The van der Waals surface area contributed by atoms with Crippen LogP contribution in [0.1, 0.15) is 12.5 Å². The van der Waals surface area contributed by atoms with Gasteiger partial charge in [0.15, 0.2) is 5.34 Å². The monoisotopic (exact) mass is 248 g/mol. The van der Waals surface area contributed by atoms with Crippen LogP contribution in [0, 0.1) is 5.82 Å². The lowest BCUT2D eigenvalue weighted by Gasteiger charge is -2.29. The molecule has 0 bridgehead atoms. The molecular weight excluding hydrogens is 234 g/mol. The van der Waals surface area contributed by atoms with Gasteiger partial charge in [-0.25, -0.2) is 4.39 Å².